The lowest BCUT2D eigenvalue weighted by molar-refractivity contribution is -0.265. The Labute approximate surface area is 73.7 Å². The highest BCUT2D eigenvalue weighted by Crippen LogP contribution is 2.26. The minimum absolute atomic E-state index is 1.74. The minimum Gasteiger partial charge on any atom is -0.387 e. The van der Waals surface area contributed by atoms with E-state index >= 15 is 0 Å². The lowest BCUT2D eigenvalue weighted by Gasteiger charge is -2.45. The van der Waals surface area contributed by atoms with Gasteiger partial charge in [0, 0.05) is 0 Å². The van der Waals surface area contributed by atoms with Crippen molar-refractivity contribution in [3.05, 3.63) is 0 Å². The molecule has 0 heterocycles. The van der Waals surface area contributed by atoms with E-state index in [0.29, 0.717) is 0 Å². The minimum atomic E-state index is -2.53. The number of aliphatic hydroxyl groups is 6. The molecule has 0 aromatic rings. The fourth-order valence-electron chi connectivity index (χ4n) is 1.30. The van der Waals surface area contributed by atoms with Gasteiger partial charge in [-0.25, -0.2) is 0 Å². The van der Waals surface area contributed by atoms with E-state index in [0.717, 1.165) is 0 Å². The van der Waals surface area contributed by atoms with E-state index in [9.17, 15) is 5.11 Å². The van der Waals surface area contributed by atoms with Gasteiger partial charge in [0.2, 0.25) is 0 Å². The van der Waals surface area contributed by atoms with Crippen LogP contribution in [0, 0.1) is 0 Å². The van der Waals surface area contributed by atoms with E-state index in [-0.39, 0.29) is 0 Å². The molecule has 8 N–H and O–H groups in total. The van der Waals surface area contributed by atoms with E-state index in [4.69, 9.17) is 31.3 Å². The summed E-state index contributed by atoms with van der Waals surface area (Å²) in [6.45, 7) is 0. The van der Waals surface area contributed by atoms with Gasteiger partial charge in [-0.15, -0.1) is 0 Å². The van der Waals surface area contributed by atoms with Gasteiger partial charge in [0.05, 0.1) is 0 Å². The number of aliphatic hydroxyl groups excluding tert-OH is 5. The van der Waals surface area contributed by atoms with Gasteiger partial charge < -0.3 is 30.6 Å². The quantitative estimate of drug-likeness (QED) is 0.192. The molecule has 0 bridgehead atoms. The maximum atomic E-state index is 9.22. The molecule has 0 aliphatic heterocycles. The topological polar surface area (TPSA) is 147 Å². The predicted molar refractivity (Wildman–Crippen MR) is 39.2 cm³/mol. The molecule has 1 saturated carbocycles. The van der Waals surface area contributed by atoms with Crippen LogP contribution in [0.25, 0.3) is 0 Å². The Morgan fingerprint density at radius 2 is 1.08 bits per heavy atom. The highest BCUT2D eigenvalue weighted by molar-refractivity contribution is 5.05. The van der Waals surface area contributed by atoms with Crippen LogP contribution in [0.3, 0.4) is 0 Å². The number of rotatable bonds is 0. The maximum absolute atomic E-state index is 9.22. The summed E-state index contributed by atoms with van der Waals surface area (Å²) in [4.78, 5) is 0. The fraction of sp³-hybridized carbons (Fsp3) is 1.00. The van der Waals surface area contributed by atoms with Crippen molar-refractivity contribution >= 4 is 0 Å². The average Bonchev–Trinajstić information content (AvgIpc) is 2.09. The fourth-order valence-corrected chi connectivity index (χ4v) is 1.30. The Bertz CT molecular complexity index is 180. The summed E-state index contributed by atoms with van der Waals surface area (Å²) >= 11 is 0. The van der Waals surface area contributed by atoms with Crippen LogP contribution in [-0.4, -0.2) is 66.9 Å². The second kappa shape index (κ2) is 3.14. The van der Waals surface area contributed by atoms with Crippen molar-refractivity contribution in [2.45, 2.75) is 36.2 Å². The zero-order valence-corrected chi connectivity index (χ0v) is 6.65. The van der Waals surface area contributed by atoms with Crippen molar-refractivity contribution in [3.63, 3.8) is 0 Å². The zero-order chi connectivity index (χ0) is 10.4. The first-order valence-electron chi connectivity index (χ1n) is 3.71. The third-order valence-corrected chi connectivity index (χ3v) is 2.29. The van der Waals surface area contributed by atoms with Crippen LogP contribution < -0.4 is 5.73 Å². The van der Waals surface area contributed by atoms with Crippen LogP contribution in [0.15, 0.2) is 0 Å². The summed E-state index contributed by atoms with van der Waals surface area (Å²) in [5.74, 6) is 0. The zero-order valence-electron chi connectivity index (χ0n) is 6.65. The third-order valence-electron chi connectivity index (χ3n) is 2.29. The van der Waals surface area contributed by atoms with Gasteiger partial charge in [-0.05, 0) is 0 Å². The predicted octanol–water partition coefficient (Wildman–Crippen LogP) is -4.55. The van der Waals surface area contributed by atoms with Gasteiger partial charge in [0.25, 0.3) is 0 Å². The molecule has 1 aliphatic rings. The summed E-state index contributed by atoms with van der Waals surface area (Å²) in [6.07, 6.45) is -9.17. The van der Waals surface area contributed by atoms with Gasteiger partial charge in [0.15, 0.2) is 5.72 Å². The van der Waals surface area contributed by atoms with Crippen LogP contribution in [0.5, 0.6) is 0 Å². The molecule has 2 unspecified atom stereocenters. The first-order chi connectivity index (χ1) is 5.80. The van der Waals surface area contributed by atoms with Gasteiger partial charge in [-0.1, -0.05) is 0 Å². The van der Waals surface area contributed by atoms with Crippen LogP contribution >= 0.6 is 0 Å². The Hall–Kier alpha value is -0.280. The molecule has 0 spiro atoms. The third kappa shape index (κ3) is 1.44. The Balaban J connectivity index is 2.93. The summed E-state index contributed by atoms with van der Waals surface area (Å²) in [6, 6.07) is 0. The largest absolute Gasteiger partial charge is 0.387 e. The molecular formula is C6H13NO6. The van der Waals surface area contributed by atoms with Crippen LogP contribution in [0.4, 0.5) is 0 Å². The SMILES string of the molecule is NC1(O)[C@H](O)[C@H](O)C(O)[C@H](O)[C@H]1O. The van der Waals surface area contributed by atoms with Crippen molar-refractivity contribution in [2.24, 2.45) is 5.73 Å². The van der Waals surface area contributed by atoms with Crippen molar-refractivity contribution in [1.82, 2.24) is 0 Å². The number of hydrogen-bond acceptors (Lipinski definition) is 7. The molecule has 6 atom stereocenters. The van der Waals surface area contributed by atoms with E-state index < -0.39 is 36.2 Å². The molecule has 78 valence electrons. The van der Waals surface area contributed by atoms with E-state index in [1.165, 1.54) is 0 Å². The summed E-state index contributed by atoms with van der Waals surface area (Å²) in [5.41, 5.74) is 2.50. The van der Waals surface area contributed by atoms with Crippen LogP contribution in [-0.2, 0) is 0 Å². The van der Waals surface area contributed by atoms with Crippen molar-refractivity contribution in [2.75, 3.05) is 0 Å². The average molecular weight is 195 g/mol. The Morgan fingerprint density at radius 3 is 1.38 bits per heavy atom. The Morgan fingerprint density at radius 1 is 0.769 bits per heavy atom. The summed E-state index contributed by atoms with van der Waals surface area (Å²) < 4.78 is 0. The molecular weight excluding hydrogens is 182 g/mol. The molecule has 1 rings (SSSR count). The van der Waals surface area contributed by atoms with E-state index in [1.54, 1.807) is 0 Å². The second-order valence-electron chi connectivity index (χ2n) is 3.25. The lowest BCUT2D eigenvalue weighted by Crippen LogP contribution is -2.74. The first-order valence-corrected chi connectivity index (χ1v) is 3.71. The monoisotopic (exact) mass is 195 g/mol. The van der Waals surface area contributed by atoms with E-state index in [2.05, 4.69) is 0 Å². The molecule has 1 fully saturated rings. The standard InChI is InChI=1S/C6H13NO6/c7-6(13)4(11)2(9)1(8)3(10)5(6)12/h1-5,8-13H,7H2/t1?,2-,3+,4-,5-,6?/m1/s1. The second-order valence-corrected chi connectivity index (χ2v) is 3.25. The smallest absolute Gasteiger partial charge is 0.171 e. The van der Waals surface area contributed by atoms with Gasteiger partial charge >= 0.3 is 0 Å². The molecule has 0 saturated heterocycles. The highest BCUT2D eigenvalue weighted by Gasteiger charge is 2.55. The normalized spacial score (nSPS) is 57.9. The van der Waals surface area contributed by atoms with Gasteiger partial charge in [-0.3, -0.25) is 5.73 Å². The molecule has 0 aromatic carbocycles. The number of nitrogens with two attached hydrogens (primary N) is 1. The first kappa shape index (κ1) is 10.8. The molecule has 7 nitrogen and oxygen atoms in total. The van der Waals surface area contributed by atoms with Crippen LogP contribution in [0.1, 0.15) is 0 Å². The molecule has 0 aromatic heterocycles. The van der Waals surface area contributed by atoms with Crippen molar-refractivity contribution in [3.8, 4) is 0 Å². The highest BCUT2D eigenvalue weighted by atomic mass is 16.4. The molecule has 7 heteroatoms. The number of hydrogen-bond donors (Lipinski definition) is 7. The maximum Gasteiger partial charge on any atom is 0.171 e. The van der Waals surface area contributed by atoms with Gasteiger partial charge in [0.1, 0.15) is 30.5 Å². The van der Waals surface area contributed by atoms with E-state index in [1.807, 2.05) is 0 Å². The Kier molecular flexibility index (Phi) is 2.61. The molecule has 1 aliphatic carbocycles. The van der Waals surface area contributed by atoms with Crippen molar-refractivity contribution in [1.29, 1.82) is 0 Å². The molecule has 0 radical (unpaired) electrons. The molecule has 13 heavy (non-hydrogen) atoms. The summed E-state index contributed by atoms with van der Waals surface area (Å²) in [5, 5.41) is 54.6. The molecule has 0 amide bonds. The lowest BCUT2D eigenvalue weighted by atomic mass is 9.81. The van der Waals surface area contributed by atoms with Gasteiger partial charge in [-0.2, -0.15) is 0 Å². The summed E-state index contributed by atoms with van der Waals surface area (Å²) in [7, 11) is 0. The van der Waals surface area contributed by atoms with Crippen molar-refractivity contribution < 1.29 is 30.6 Å². The van der Waals surface area contributed by atoms with Crippen LogP contribution in [0.2, 0.25) is 0 Å².